The predicted molar refractivity (Wildman–Crippen MR) is 69.1 cm³/mol. The van der Waals surface area contributed by atoms with Crippen LogP contribution in [0.15, 0.2) is 0 Å². The summed E-state index contributed by atoms with van der Waals surface area (Å²) in [5, 5.41) is 12.9. The minimum absolute atomic E-state index is 0.354. The number of hydrogen-bond donors (Lipinski definition) is 1. The summed E-state index contributed by atoms with van der Waals surface area (Å²) in [6.07, 6.45) is 3.45. The number of nitriles is 1. The molecule has 0 aliphatic rings. The van der Waals surface area contributed by atoms with E-state index in [0.717, 1.165) is 13.0 Å². The number of nitrogens with zero attached hydrogens (tertiary/aromatic N) is 1. The zero-order valence-corrected chi connectivity index (χ0v) is 11.3. The second-order valence-corrected chi connectivity index (χ2v) is 5.76. The molecule has 2 atom stereocenters. The second-order valence-electron chi connectivity index (χ2n) is 4.21. The number of thioether (sulfide) groups is 1. The first-order chi connectivity index (χ1) is 7.08. The molecule has 0 spiro atoms. The first kappa shape index (κ1) is 14.8. The van der Waals surface area contributed by atoms with Gasteiger partial charge in [-0.1, -0.05) is 27.2 Å². The summed E-state index contributed by atoms with van der Waals surface area (Å²) in [5.41, 5.74) is -0.354. The average Bonchev–Trinajstić information content (AvgIpc) is 2.18. The molecule has 0 aromatic carbocycles. The van der Waals surface area contributed by atoms with E-state index >= 15 is 0 Å². The molecule has 2 unspecified atom stereocenters. The van der Waals surface area contributed by atoms with Gasteiger partial charge in [0.1, 0.15) is 5.54 Å². The van der Waals surface area contributed by atoms with Crippen LogP contribution in [0.3, 0.4) is 0 Å². The van der Waals surface area contributed by atoms with E-state index in [-0.39, 0.29) is 5.54 Å². The van der Waals surface area contributed by atoms with Crippen molar-refractivity contribution < 1.29 is 0 Å². The topological polar surface area (TPSA) is 35.8 Å². The lowest BCUT2D eigenvalue weighted by Gasteiger charge is -2.25. The zero-order chi connectivity index (χ0) is 11.7. The highest BCUT2D eigenvalue weighted by Crippen LogP contribution is 2.22. The van der Waals surface area contributed by atoms with Gasteiger partial charge in [0.15, 0.2) is 0 Å². The molecule has 88 valence electrons. The molecular formula is C12H24N2S. The zero-order valence-electron chi connectivity index (χ0n) is 10.5. The number of hydrogen-bond acceptors (Lipinski definition) is 3. The Morgan fingerprint density at radius 3 is 2.60 bits per heavy atom. The SMILES string of the molecule is CCCCSC(C)CC(C)(C#N)NCC. The molecule has 0 rings (SSSR count). The van der Waals surface area contributed by atoms with E-state index < -0.39 is 0 Å². The highest BCUT2D eigenvalue weighted by Gasteiger charge is 2.24. The summed E-state index contributed by atoms with van der Waals surface area (Å²) in [6.45, 7) is 9.32. The van der Waals surface area contributed by atoms with E-state index in [9.17, 15) is 0 Å². The molecule has 0 aromatic heterocycles. The standard InChI is InChI=1S/C12H24N2S/c1-5-7-8-15-11(3)9-12(4,10-13)14-6-2/h11,14H,5-9H2,1-4H3. The molecule has 0 bridgehead atoms. The van der Waals surface area contributed by atoms with Crippen LogP contribution in [0.5, 0.6) is 0 Å². The summed E-state index contributed by atoms with van der Waals surface area (Å²) in [5.74, 6) is 1.21. The molecule has 0 amide bonds. The first-order valence-electron chi connectivity index (χ1n) is 5.85. The van der Waals surface area contributed by atoms with Crippen LogP contribution in [0.25, 0.3) is 0 Å². The Kier molecular flexibility index (Phi) is 7.90. The Morgan fingerprint density at radius 2 is 2.13 bits per heavy atom. The first-order valence-corrected chi connectivity index (χ1v) is 6.90. The Hall–Kier alpha value is -0.200. The van der Waals surface area contributed by atoms with Crippen molar-refractivity contribution in [3.8, 4) is 6.07 Å². The molecule has 0 fully saturated rings. The highest BCUT2D eigenvalue weighted by molar-refractivity contribution is 7.99. The summed E-state index contributed by atoms with van der Waals surface area (Å²) in [4.78, 5) is 0. The molecule has 0 aromatic rings. The van der Waals surface area contributed by atoms with Gasteiger partial charge < -0.3 is 0 Å². The second kappa shape index (κ2) is 8.01. The third-order valence-corrected chi connectivity index (χ3v) is 3.67. The predicted octanol–water partition coefficient (Wildman–Crippen LogP) is 3.19. The number of nitrogens with one attached hydrogen (secondary N) is 1. The van der Waals surface area contributed by atoms with Crippen molar-refractivity contribution in [2.24, 2.45) is 0 Å². The van der Waals surface area contributed by atoms with Crippen molar-refractivity contribution in [2.45, 2.75) is 57.7 Å². The van der Waals surface area contributed by atoms with Gasteiger partial charge >= 0.3 is 0 Å². The van der Waals surface area contributed by atoms with Crippen LogP contribution in [-0.4, -0.2) is 23.1 Å². The van der Waals surface area contributed by atoms with Crippen LogP contribution in [0.4, 0.5) is 0 Å². The van der Waals surface area contributed by atoms with Crippen LogP contribution in [-0.2, 0) is 0 Å². The largest absolute Gasteiger partial charge is 0.300 e. The Morgan fingerprint density at radius 1 is 1.47 bits per heavy atom. The fraction of sp³-hybridized carbons (Fsp3) is 0.917. The molecule has 0 aliphatic carbocycles. The highest BCUT2D eigenvalue weighted by atomic mass is 32.2. The van der Waals surface area contributed by atoms with Crippen LogP contribution in [0.1, 0.15) is 47.0 Å². The molecule has 0 heterocycles. The van der Waals surface area contributed by atoms with Crippen molar-refractivity contribution in [1.29, 1.82) is 5.26 Å². The van der Waals surface area contributed by atoms with Gasteiger partial charge in [0.05, 0.1) is 6.07 Å². The van der Waals surface area contributed by atoms with Gasteiger partial charge in [-0.3, -0.25) is 5.32 Å². The number of unbranched alkanes of at least 4 members (excludes halogenated alkanes) is 1. The lowest BCUT2D eigenvalue weighted by molar-refractivity contribution is 0.429. The Labute approximate surface area is 98.8 Å². The molecule has 3 heteroatoms. The van der Waals surface area contributed by atoms with Crippen molar-refractivity contribution in [3.05, 3.63) is 0 Å². The van der Waals surface area contributed by atoms with Crippen LogP contribution < -0.4 is 5.32 Å². The molecule has 0 saturated carbocycles. The van der Waals surface area contributed by atoms with Crippen molar-refractivity contribution >= 4 is 11.8 Å². The summed E-state index contributed by atoms with van der Waals surface area (Å²) in [6, 6.07) is 2.38. The monoisotopic (exact) mass is 228 g/mol. The maximum absolute atomic E-state index is 9.12. The van der Waals surface area contributed by atoms with Gasteiger partial charge in [0, 0.05) is 5.25 Å². The van der Waals surface area contributed by atoms with E-state index in [4.69, 9.17) is 5.26 Å². The average molecular weight is 228 g/mol. The summed E-state index contributed by atoms with van der Waals surface area (Å²) in [7, 11) is 0. The van der Waals surface area contributed by atoms with Gasteiger partial charge in [0.25, 0.3) is 0 Å². The van der Waals surface area contributed by atoms with Gasteiger partial charge in [0.2, 0.25) is 0 Å². The van der Waals surface area contributed by atoms with Crippen molar-refractivity contribution in [1.82, 2.24) is 5.32 Å². The van der Waals surface area contributed by atoms with E-state index in [1.54, 1.807) is 0 Å². The van der Waals surface area contributed by atoms with Crippen molar-refractivity contribution in [2.75, 3.05) is 12.3 Å². The normalized spacial score (nSPS) is 16.7. The van der Waals surface area contributed by atoms with Gasteiger partial charge in [-0.15, -0.1) is 0 Å². The third-order valence-electron chi connectivity index (χ3n) is 2.41. The fourth-order valence-electron chi connectivity index (χ4n) is 1.61. The van der Waals surface area contributed by atoms with E-state index in [0.29, 0.717) is 5.25 Å². The molecular weight excluding hydrogens is 204 g/mol. The minimum Gasteiger partial charge on any atom is -0.300 e. The maximum Gasteiger partial charge on any atom is 0.104 e. The third kappa shape index (κ3) is 6.81. The van der Waals surface area contributed by atoms with Crippen LogP contribution >= 0.6 is 11.8 Å². The van der Waals surface area contributed by atoms with Crippen molar-refractivity contribution in [3.63, 3.8) is 0 Å². The lowest BCUT2D eigenvalue weighted by atomic mass is 9.98. The van der Waals surface area contributed by atoms with Gasteiger partial charge in [-0.05, 0) is 32.1 Å². The quantitative estimate of drug-likeness (QED) is 0.648. The molecule has 15 heavy (non-hydrogen) atoms. The van der Waals surface area contributed by atoms with E-state index in [2.05, 4.69) is 25.2 Å². The van der Waals surface area contributed by atoms with Gasteiger partial charge in [-0.25, -0.2) is 0 Å². The molecule has 2 nitrogen and oxygen atoms in total. The van der Waals surface area contributed by atoms with E-state index in [1.807, 2.05) is 25.6 Å². The molecule has 1 N–H and O–H groups in total. The maximum atomic E-state index is 9.12. The fourth-order valence-corrected chi connectivity index (χ4v) is 2.92. The van der Waals surface area contributed by atoms with Crippen LogP contribution in [0, 0.1) is 11.3 Å². The summed E-state index contributed by atoms with van der Waals surface area (Å²) < 4.78 is 0. The minimum atomic E-state index is -0.354. The van der Waals surface area contributed by atoms with Crippen LogP contribution in [0.2, 0.25) is 0 Å². The Balaban J connectivity index is 3.91. The molecule has 0 saturated heterocycles. The smallest absolute Gasteiger partial charge is 0.104 e. The number of rotatable bonds is 8. The van der Waals surface area contributed by atoms with E-state index in [1.165, 1.54) is 18.6 Å². The lowest BCUT2D eigenvalue weighted by Crippen LogP contribution is -2.42. The summed E-state index contributed by atoms with van der Waals surface area (Å²) >= 11 is 1.98. The Bertz CT molecular complexity index is 200. The molecule has 0 aliphatic heterocycles. The molecule has 0 radical (unpaired) electrons. The van der Waals surface area contributed by atoms with Gasteiger partial charge in [-0.2, -0.15) is 17.0 Å².